The van der Waals surface area contributed by atoms with E-state index in [1.807, 2.05) is 6.07 Å². The van der Waals surface area contributed by atoms with E-state index in [2.05, 4.69) is 23.1 Å². The minimum absolute atomic E-state index is 0.448. The zero-order chi connectivity index (χ0) is 12.5. The van der Waals surface area contributed by atoms with Crippen molar-refractivity contribution in [1.29, 1.82) is 0 Å². The van der Waals surface area contributed by atoms with E-state index < -0.39 is 11.4 Å². The lowest BCUT2D eigenvalue weighted by molar-refractivity contribution is -0.123. The lowest BCUT2D eigenvalue weighted by atomic mass is 9.96. The third kappa shape index (κ3) is 2.65. The number of nitrogens with two attached hydrogens (primary N) is 2. The molecule has 1 aromatic carbocycles. The predicted octanol–water partition coefficient (Wildman–Crippen LogP) is 0.247. The van der Waals surface area contributed by atoms with E-state index in [9.17, 15) is 4.79 Å². The monoisotopic (exact) mass is 233 g/mol. The molecule has 1 aliphatic rings. The number of carbonyl (C=O) groups excluding carboxylic acids is 1. The highest BCUT2D eigenvalue weighted by Crippen LogP contribution is 2.19. The van der Waals surface area contributed by atoms with E-state index in [-0.39, 0.29) is 0 Å². The largest absolute Gasteiger partial charge is 0.368 e. The number of fused-ring (bicyclic) bond motifs is 1. The molecule has 1 aliphatic heterocycles. The molecule has 0 aliphatic carbocycles. The second-order valence-corrected chi connectivity index (χ2v) is 5.01. The molecule has 0 bridgehead atoms. The summed E-state index contributed by atoms with van der Waals surface area (Å²) in [5.41, 5.74) is 12.9. The summed E-state index contributed by atoms with van der Waals surface area (Å²) in [6.07, 6.45) is 1.00. The molecule has 1 heterocycles. The van der Waals surface area contributed by atoms with E-state index in [0.29, 0.717) is 6.54 Å². The van der Waals surface area contributed by atoms with Crippen molar-refractivity contribution in [3.63, 3.8) is 0 Å². The van der Waals surface area contributed by atoms with E-state index in [4.69, 9.17) is 11.5 Å². The van der Waals surface area contributed by atoms with Gasteiger partial charge in [-0.2, -0.15) is 0 Å². The van der Waals surface area contributed by atoms with Crippen LogP contribution in [0.25, 0.3) is 0 Å². The van der Waals surface area contributed by atoms with Gasteiger partial charge < -0.3 is 11.5 Å². The summed E-state index contributed by atoms with van der Waals surface area (Å²) in [5, 5.41) is 0. The van der Waals surface area contributed by atoms with Crippen molar-refractivity contribution in [3.05, 3.63) is 35.4 Å². The minimum Gasteiger partial charge on any atom is -0.368 e. The molecule has 1 unspecified atom stereocenters. The Morgan fingerprint density at radius 1 is 1.41 bits per heavy atom. The van der Waals surface area contributed by atoms with Crippen molar-refractivity contribution in [2.24, 2.45) is 11.5 Å². The van der Waals surface area contributed by atoms with Crippen LogP contribution in [0.2, 0.25) is 0 Å². The van der Waals surface area contributed by atoms with Crippen LogP contribution in [-0.4, -0.2) is 29.4 Å². The molecule has 4 heteroatoms. The highest BCUT2D eigenvalue weighted by atomic mass is 16.1. The van der Waals surface area contributed by atoms with Crippen LogP contribution >= 0.6 is 0 Å². The normalized spacial score (nSPS) is 19.4. The first-order chi connectivity index (χ1) is 7.99. The topological polar surface area (TPSA) is 72.3 Å². The van der Waals surface area contributed by atoms with E-state index in [1.165, 1.54) is 11.1 Å². The molecule has 1 amide bonds. The summed E-state index contributed by atoms with van der Waals surface area (Å²) >= 11 is 0. The molecule has 0 spiro atoms. The second kappa shape index (κ2) is 4.47. The van der Waals surface area contributed by atoms with Crippen molar-refractivity contribution < 1.29 is 4.79 Å². The molecule has 2 rings (SSSR count). The predicted molar refractivity (Wildman–Crippen MR) is 67.2 cm³/mol. The standard InChI is InChI=1S/C13H19N3O/c1-13(15,12(14)17)9-16-7-6-10-4-2-3-5-11(10)8-16/h2-5H,6-9,15H2,1H3,(H2,14,17). The molecule has 0 saturated carbocycles. The van der Waals surface area contributed by atoms with Gasteiger partial charge in [-0.15, -0.1) is 0 Å². The zero-order valence-corrected chi connectivity index (χ0v) is 10.1. The average Bonchev–Trinajstić information content (AvgIpc) is 2.28. The summed E-state index contributed by atoms with van der Waals surface area (Å²) in [7, 11) is 0. The molecule has 92 valence electrons. The Labute approximate surface area is 102 Å². The molecule has 1 aromatic rings. The lowest BCUT2D eigenvalue weighted by Gasteiger charge is -2.33. The number of hydrogen-bond donors (Lipinski definition) is 2. The van der Waals surface area contributed by atoms with Crippen LogP contribution in [0, 0.1) is 0 Å². The molecular weight excluding hydrogens is 214 g/mol. The summed E-state index contributed by atoms with van der Waals surface area (Å²) in [6, 6.07) is 8.38. The Kier molecular flexibility index (Phi) is 3.17. The number of primary amides is 1. The van der Waals surface area contributed by atoms with Crippen molar-refractivity contribution in [2.45, 2.75) is 25.4 Å². The third-order valence-corrected chi connectivity index (χ3v) is 3.32. The number of hydrogen-bond acceptors (Lipinski definition) is 3. The maximum Gasteiger partial charge on any atom is 0.238 e. The van der Waals surface area contributed by atoms with Gasteiger partial charge in [-0.3, -0.25) is 9.69 Å². The van der Waals surface area contributed by atoms with Gasteiger partial charge >= 0.3 is 0 Å². The van der Waals surface area contributed by atoms with Gasteiger partial charge in [-0.25, -0.2) is 0 Å². The summed E-state index contributed by atoms with van der Waals surface area (Å²) in [5.74, 6) is -0.448. The average molecular weight is 233 g/mol. The molecule has 0 saturated heterocycles. The van der Waals surface area contributed by atoms with Crippen LogP contribution in [0.3, 0.4) is 0 Å². The van der Waals surface area contributed by atoms with Gasteiger partial charge in [0.05, 0.1) is 0 Å². The van der Waals surface area contributed by atoms with Crippen LogP contribution in [-0.2, 0) is 17.8 Å². The molecule has 4 N–H and O–H groups in total. The van der Waals surface area contributed by atoms with Crippen molar-refractivity contribution in [3.8, 4) is 0 Å². The molecule has 0 radical (unpaired) electrons. The third-order valence-electron chi connectivity index (χ3n) is 3.32. The number of benzene rings is 1. The van der Waals surface area contributed by atoms with Gasteiger partial charge in [0.1, 0.15) is 5.54 Å². The van der Waals surface area contributed by atoms with Gasteiger partial charge in [0, 0.05) is 19.6 Å². The highest BCUT2D eigenvalue weighted by Gasteiger charge is 2.29. The maximum absolute atomic E-state index is 11.2. The quantitative estimate of drug-likeness (QED) is 0.786. The fraction of sp³-hybridized carbons (Fsp3) is 0.462. The fourth-order valence-corrected chi connectivity index (χ4v) is 2.23. The summed E-state index contributed by atoms with van der Waals surface area (Å²) < 4.78 is 0. The zero-order valence-electron chi connectivity index (χ0n) is 10.1. The van der Waals surface area contributed by atoms with Crippen LogP contribution in [0.1, 0.15) is 18.1 Å². The van der Waals surface area contributed by atoms with Crippen molar-refractivity contribution in [2.75, 3.05) is 13.1 Å². The lowest BCUT2D eigenvalue weighted by Crippen LogP contribution is -2.57. The Hall–Kier alpha value is -1.39. The first kappa shape index (κ1) is 12.1. The van der Waals surface area contributed by atoms with E-state index in [0.717, 1.165) is 19.5 Å². The second-order valence-electron chi connectivity index (χ2n) is 5.01. The number of rotatable bonds is 3. The Balaban J connectivity index is 2.06. The van der Waals surface area contributed by atoms with Crippen LogP contribution in [0.4, 0.5) is 0 Å². The molecule has 0 aromatic heterocycles. The van der Waals surface area contributed by atoms with Gasteiger partial charge in [0.15, 0.2) is 0 Å². The Morgan fingerprint density at radius 3 is 2.71 bits per heavy atom. The van der Waals surface area contributed by atoms with Gasteiger partial charge in [-0.1, -0.05) is 24.3 Å². The van der Waals surface area contributed by atoms with Crippen molar-refractivity contribution >= 4 is 5.91 Å². The fourth-order valence-electron chi connectivity index (χ4n) is 2.23. The first-order valence-electron chi connectivity index (χ1n) is 5.87. The molecule has 1 atom stereocenters. The maximum atomic E-state index is 11.2. The molecule has 17 heavy (non-hydrogen) atoms. The van der Waals surface area contributed by atoms with Gasteiger partial charge in [0.25, 0.3) is 0 Å². The smallest absolute Gasteiger partial charge is 0.238 e. The minimum atomic E-state index is -0.952. The number of amides is 1. The molecule has 0 fully saturated rings. The van der Waals surface area contributed by atoms with Crippen LogP contribution in [0.15, 0.2) is 24.3 Å². The molecular formula is C13H19N3O. The van der Waals surface area contributed by atoms with Crippen LogP contribution < -0.4 is 11.5 Å². The molecule has 4 nitrogen and oxygen atoms in total. The first-order valence-corrected chi connectivity index (χ1v) is 5.87. The van der Waals surface area contributed by atoms with Gasteiger partial charge in [0.2, 0.25) is 5.91 Å². The Bertz CT molecular complexity index is 428. The number of nitrogens with zero attached hydrogens (tertiary/aromatic N) is 1. The SMILES string of the molecule is CC(N)(CN1CCc2ccccc2C1)C(N)=O. The summed E-state index contributed by atoms with van der Waals surface area (Å²) in [4.78, 5) is 13.4. The summed E-state index contributed by atoms with van der Waals surface area (Å²) in [6.45, 7) is 3.97. The van der Waals surface area contributed by atoms with Gasteiger partial charge in [-0.05, 0) is 24.5 Å². The van der Waals surface area contributed by atoms with E-state index in [1.54, 1.807) is 6.92 Å². The van der Waals surface area contributed by atoms with E-state index >= 15 is 0 Å². The number of carbonyl (C=O) groups is 1. The van der Waals surface area contributed by atoms with Crippen LogP contribution in [0.5, 0.6) is 0 Å². The van der Waals surface area contributed by atoms with Crippen molar-refractivity contribution in [1.82, 2.24) is 4.90 Å². The highest BCUT2D eigenvalue weighted by molar-refractivity contribution is 5.84. The Morgan fingerprint density at radius 2 is 2.06 bits per heavy atom.